The summed E-state index contributed by atoms with van der Waals surface area (Å²) in [7, 11) is 0. The number of nitrogens with one attached hydrogen (secondary N) is 1. The molecule has 3 aromatic rings. The minimum Gasteiger partial charge on any atom is -0.325 e. The lowest BCUT2D eigenvalue weighted by atomic mass is 9.83. The van der Waals surface area contributed by atoms with E-state index in [1.807, 2.05) is 86.0 Å². The number of hydrogen-bond donors (Lipinski definition) is 1. The van der Waals surface area contributed by atoms with Gasteiger partial charge in [-0.1, -0.05) is 54.3 Å². The molecule has 0 aliphatic heterocycles. The van der Waals surface area contributed by atoms with Gasteiger partial charge in [0.1, 0.15) is 0 Å². The summed E-state index contributed by atoms with van der Waals surface area (Å²) < 4.78 is 0. The zero-order chi connectivity index (χ0) is 17.7. The van der Waals surface area contributed by atoms with Crippen LogP contribution < -0.4 is 5.32 Å². The Kier molecular flexibility index (Phi) is 5.02. The summed E-state index contributed by atoms with van der Waals surface area (Å²) in [4.78, 5) is 13.8. The highest BCUT2D eigenvalue weighted by atomic mass is 32.1. The second-order valence-corrected chi connectivity index (χ2v) is 7.20. The summed E-state index contributed by atoms with van der Waals surface area (Å²) in [5.74, 6) is 6.23. The van der Waals surface area contributed by atoms with Crippen molar-refractivity contribution in [3.05, 3.63) is 88.1 Å². The quantitative estimate of drug-likeness (QED) is 0.660. The van der Waals surface area contributed by atoms with Crippen molar-refractivity contribution in [3.8, 4) is 11.8 Å². The number of hydrogen-bond acceptors (Lipinski definition) is 2. The smallest absolute Gasteiger partial charge is 0.234 e. The number of carbonyl (C=O) groups excluding carboxylic acids is 1. The second kappa shape index (κ2) is 7.38. The Hall–Kier alpha value is -2.83. The molecule has 1 heterocycles. The van der Waals surface area contributed by atoms with Crippen molar-refractivity contribution >= 4 is 22.9 Å². The normalized spacial score (nSPS) is 10.6. The van der Waals surface area contributed by atoms with Gasteiger partial charge < -0.3 is 5.32 Å². The SMILES string of the molecule is CC(C)(C(=O)Nc1cccc(C#Cc2cccs2)c1)c1ccccc1. The molecule has 2 nitrogen and oxygen atoms in total. The highest BCUT2D eigenvalue weighted by molar-refractivity contribution is 7.10. The molecule has 0 aliphatic rings. The predicted molar refractivity (Wildman–Crippen MR) is 105 cm³/mol. The lowest BCUT2D eigenvalue weighted by molar-refractivity contribution is -0.120. The van der Waals surface area contributed by atoms with E-state index in [2.05, 4.69) is 17.2 Å². The van der Waals surface area contributed by atoms with E-state index in [4.69, 9.17) is 0 Å². The van der Waals surface area contributed by atoms with Crippen LogP contribution >= 0.6 is 11.3 Å². The third-order valence-corrected chi connectivity index (χ3v) is 4.82. The van der Waals surface area contributed by atoms with Crippen molar-refractivity contribution in [2.24, 2.45) is 0 Å². The van der Waals surface area contributed by atoms with Crippen molar-refractivity contribution in [2.75, 3.05) is 5.32 Å². The van der Waals surface area contributed by atoms with Gasteiger partial charge in [-0.3, -0.25) is 4.79 Å². The average molecular weight is 345 g/mol. The summed E-state index contributed by atoms with van der Waals surface area (Å²) in [6, 6.07) is 21.4. The number of carbonyl (C=O) groups is 1. The Morgan fingerprint density at radius 2 is 1.76 bits per heavy atom. The number of rotatable bonds is 3. The molecule has 0 saturated carbocycles. The molecule has 0 unspecified atom stereocenters. The Bertz CT molecular complexity index is 915. The molecule has 0 spiro atoms. The number of thiophene rings is 1. The minimum atomic E-state index is -0.611. The first-order chi connectivity index (χ1) is 12.1. The van der Waals surface area contributed by atoms with Crippen molar-refractivity contribution in [1.29, 1.82) is 0 Å². The van der Waals surface area contributed by atoms with Gasteiger partial charge in [0.2, 0.25) is 5.91 Å². The van der Waals surface area contributed by atoms with E-state index in [-0.39, 0.29) is 5.91 Å². The van der Waals surface area contributed by atoms with Crippen LogP contribution in [-0.4, -0.2) is 5.91 Å². The molecule has 3 heteroatoms. The summed E-state index contributed by atoms with van der Waals surface area (Å²) in [5.41, 5.74) is 2.01. The molecule has 0 bridgehead atoms. The fraction of sp³-hybridized carbons (Fsp3) is 0.136. The van der Waals surface area contributed by atoms with Crippen molar-refractivity contribution in [1.82, 2.24) is 0 Å². The highest BCUT2D eigenvalue weighted by Gasteiger charge is 2.29. The molecule has 25 heavy (non-hydrogen) atoms. The first kappa shape index (κ1) is 17.0. The van der Waals surface area contributed by atoms with Gasteiger partial charge in [0.05, 0.1) is 10.3 Å². The van der Waals surface area contributed by atoms with E-state index in [1.165, 1.54) is 0 Å². The lowest BCUT2D eigenvalue weighted by Crippen LogP contribution is -2.34. The maximum atomic E-state index is 12.7. The van der Waals surface area contributed by atoms with E-state index < -0.39 is 5.41 Å². The van der Waals surface area contributed by atoms with Gasteiger partial charge in [-0.05, 0) is 49.1 Å². The van der Waals surface area contributed by atoms with E-state index in [0.717, 1.165) is 21.7 Å². The van der Waals surface area contributed by atoms with Crippen LogP contribution in [0.1, 0.15) is 29.9 Å². The van der Waals surface area contributed by atoms with Crippen molar-refractivity contribution < 1.29 is 4.79 Å². The van der Waals surface area contributed by atoms with E-state index >= 15 is 0 Å². The predicted octanol–water partition coefficient (Wildman–Crippen LogP) is 5.06. The third kappa shape index (κ3) is 4.17. The molecule has 0 radical (unpaired) electrons. The molecule has 3 rings (SSSR count). The maximum Gasteiger partial charge on any atom is 0.234 e. The Morgan fingerprint density at radius 3 is 2.48 bits per heavy atom. The van der Waals surface area contributed by atoms with E-state index in [1.54, 1.807) is 11.3 Å². The van der Waals surface area contributed by atoms with Gasteiger partial charge in [-0.15, -0.1) is 11.3 Å². The van der Waals surface area contributed by atoms with Crippen molar-refractivity contribution in [3.63, 3.8) is 0 Å². The van der Waals surface area contributed by atoms with Crippen LogP contribution in [0, 0.1) is 11.8 Å². The fourth-order valence-corrected chi connectivity index (χ4v) is 3.00. The molecule has 0 atom stereocenters. The van der Waals surface area contributed by atoms with Gasteiger partial charge in [0, 0.05) is 11.3 Å². The Labute approximate surface area is 152 Å². The zero-order valence-electron chi connectivity index (χ0n) is 14.2. The summed E-state index contributed by atoms with van der Waals surface area (Å²) in [5, 5.41) is 5.02. The monoisotopic (exact) mass is 345 g/mol. The van der Waals surface area contributed by atoms with Crippen LogP contribution in [-0.2, 0) is 10.2 Å². The number of anilines is 1. The van der Waals surface area contributed by atoms with Gasteiger partial charge in [0.25, 0.3) is 0 Å². The van der Waals surface area contributed by atoms with Gasteiger partial charge in [0.15, 0.2) is 0 Å². The molecule has 1 amide bonds. The molecule has 1 N–H and O–H groups in total. The molecule has 0 saturated heterocycles. The van der Waals surface area contributed by atoms with Gasteiger partial charge >= 0.3 is 0 Å². The first-order valence-corrected chi connectivity index (χ1v) is 8.96. The van der Waals surface area contributed by atoms with Crippen LogP contribution in [0.25, 0.3) is 0 Å². The first-order valence-electron chi connectivity index (χ1n) is 8.08. The molecular weight excluding hydrogens is 326 g/mol. The standard InChI is InChI=1S/C22H19NOS/c1-22(2,18-9-4-3-5-10-18)21(24)23-19-11-6-8-17(16-19)13-14-20-12-7-15-25-20/h3-12,15-16H,1-2H3,(H,23,24). The minimum absolute atomic E-state index is 0.0398. The van der Waals surface area contributed by atoms with E-state index in [0.29, 0.717) is 0 Å². The molecule has 0 aliphatic carbocycles. The zero-order valence-corrected chi connectivity index (χ0v) is 15.1. The summed E-state index contributed by atoms with van der Waals surface area (Å²) in [6.45, 7) is 3.86. The second-order valence-electron chi connectivity index (χ2n) is 6.25. The Balaban J connectivity index is 1.77. The van der Waals surface area contributed by atoms with Crippen LogP contribution in [0.3, 0.4) is 0 Å². The van der Waals surface area contributed by atoms with Crippen molar-refractivity contribution in [2.45, 2.75) is 19.3 Å². The number of benzene rings is 2. The molecule has 2 aromatic carbocycles. The van der Waals surface area contributed by atoms with E-state index in [9.17, 15) is 4.79 Å². The fourth-order valence-electron chi connectivity index (χ4n) is 2.43. The molecule has 0 fully saturated rings. The largest absolute Gasteiger partial charge is 0.325 e. The topological polar surface area (TPSA) is 29.1 Å². The molecule has 124 valence electrons. The lowest BCUT2D eigenvalue weighted by Gasteiger charge is -2.24. The molecule has 1 aromatic heterocycles. The van der Waals surface area contributed by atoms with Gasteiger partial charge in [-0.25, -0.2) is 0 Å². The van der Waals surface area contributed by atoms with Crippen LogP contribution in [0.2, 0.25) is 0 Å². The Morgan fingerprint density at radius 1 is 0.960 bits per heavy atom. The third-order valence-electron chi connectivity index (χ3n) is 4.03. The van der Waals surface area contributed by atoms with Gasteiger partial charge in [-0.2, -0.15) is 0 Å². The van der Waals surface area contributed by atoms with Crippen LogP contribution in [0.5, 0.6) is 0 Å². The maximum absolute atomic E-state index is 12.7. The van der Waals surface area contributed by atoms with Crippen LogP contribution in [0.15, 0.2) is 72.1 Å². The average Bonchev–Trinajstić information content (AvgIpc) is 3.14. The molecular formula is C22H19NOS. The highest BCUT2D eigenvalue weighted by Crippen LogP contribution is 2.25. The summed E-state index contributed by atoms with van der Waals surface area (Å²) >= 11 is 1.61. The van der Waals surface area contributed by atoms with Crippen LogP contribution in [0.4, 0.5) is 5.69 Å². The number of amides is 1. The summed E-state index contributed by atoms with van der Waals surface area (Å²) in [6.07, 6.45) is 0.